The molecule has 2 N–H and O–H groups in total. The van der Waals surface area contributed by atoms with Crippen molar-refractivity contribution in [3.05, 3.63) is 29.8 Å². The van der Waals surface area contributed by atoms with Gasteiger partial charge in [-0.05, 0) is 30.7 Å². The van der Waals surface area contributed by atoms with Crippen LogP contribution in [0.4, 0.5) is 0 Å². The van der Waals surface area contributed by atoms with Crippen molar-refractivity contribution in [3.63, 3.8) is 0 Å². The molecule has 0 aliphatic carbocycles. The molecule has 1 aromatic carbocycles. The van der Waals surface area contributed by atoms with Crippen molar-refractivity contribution in [1.82, 2.24) is 4.31 Å². The highest BCUT2D eigenvalue weighted by molar-refractivity contribution is 7.89. The third-order valence-corrected chi connectivity index (χ3v) is 3.92. The lowest BCUT2D eigenvalue weighted by Crippen LogP contribution is -2.22. The zero-order chi connectivity index (χ0) is 11.5. The Hall–Kier alpha value is -0.910. The summed E-state index contributed by atoms with van der Waals surface area (Å²) in [5.41, 5.74) is 6.36. The molecule has 0 bridgehead atoms. The molecule has 4 nitrogen and oxygen atoms in total. The first-order valence-electron chi connectivity index (χ1n) is 4.70. The third kappa shape index (κ3) is 2.77. The lowest BCUT2D eigenvalue weighted by molar-refractivity contribution is 0.520. The summed E-state index contributed by atoms with van der Waals surface area (Å²) in [6, 6.07) is 6.88. The molecule has 5 heteroatoms. The van der Waals surface area contributed by atoms with E-state index in [9.17, 15) is 8.42 Å². The van der Waals surface area contributed by atoms with E-state index >= 15 is 0 Å². The number of nitrogens with two attached hydrogens (primary N) is 1. The molecule has 0 unspecified atom stereocenters. The summed E-state index contributed by atoms with van der Waals surface area (Å²) in [5, 5.41) is 0. The van der Waals surface area contributed by atoms with Gasteiger partial charge in [-0.2, -0.15) is 0 Å². The maximum Gasteiger partial charge on any atom is 0.242 e. The van der Waals surface area contributed by atoms with Gasteiger partial charge in [0.05, 0.1) is 4.90 Å². The largest absolute Gasteiger partial charge is 0.330 e. The minimum absolute atomic E-state index is 0.318. The van der Waals surface area contributed by atoms with Crippen LogP contribution in [0, 0.1) is 0 Å². The van der Waals surface area contributed by atoms with Gasteiger partial charge in [-0.25, -0.2) is 12.7 Å². The molecule has 0 atom stereocenters. The first-order chi connectivity index (χ1) is 6.98. The second kappa shape index (κ2) is 4.74. The molecule has 0 amide bonds. The Balaban J connectivity index is 3.11. The molecule has 1 aromatic rings. The molecule has 0 heterocycles. The highest BCUT2D eigenvalue weighted by Gasteiger charge is 2.16. The molecule has 0 radical (unpaired) electrons. The molecule has 0 aliphatic heterocycles. The highest BCUT2D eigenvalue weighted by atomic mass is 32.2. The van der Waals surface area contributed by atoms with Crippen molar-refractivity contribution in [2.75, 3.05) is 20.6 Å². The summed E-state index contributed by atoms with van der Waals surface area (Å²) < 4.78 is 24.8. The van der Waals surface area contributed by atoms with Gasteiger partial charge in [0.1, 0.15) is 0 Å². The number of rotatable bonds is 4. The summed E-state index contributed by atoms with van der Waals surface area (Å²) in [7, 11) is -0.288. The van der Waals surface area contributed by atoms with Crippen LogP contribution in [0.5, 0.6) is 0 Å². The van der Waals surface area contributed by atoms with Gasteiger partial charge in [0.2, 0.25) is 10.0 Å². The van der Waals surface area contributed by atoms with Crippen molar-refractivity contribution in [1.29, 1.82) is 0 Å². The van der Waals surface area contributed by atoms with Gasteiger partial charge in [-0.3, -0.25) is 0 Å². The molecular formula is C10H16N2O2S. The predicted octanol–water partition coefficient (Wildman–Crippen LogP) is 0.438. The minimum atomic E-state index is -3.33. The fraction of sp³-hybridized carbons (Fsp3) is 0.400. The summed E-state index contributed by atoms with van der Waals surface area (Å²) >= 11 is 0. The van der Waals surface area contributed by atoms with Crippen LogP contribution in [0.25, 0.3) is 0 Å². The standard InChI is InChI=1S/C10H16N2O2S/c1-12(2)15(13,14)10-5-3-4-9(8-10)6-7-11/h3-5,8H,6-7,11H2,1-2H3. The van der Waals surface area contributed by atoms with Crippen LogP contribution in [-0.2, 0) is 16.4 Å². The van der Waals surface area contributed by atoms with Crippen molar-refractivity contribution in [2.24, 2.45) is 5.73 Å². The van der Waals surface area contributed by atoms with Crippen molar-refractivity contribution in [3.8, 4) is 0 Å². The second-order valence-electron chi connectivity index (χ2n) is 3.47. The zero-order valence-electron chi connectivity index (χ0n) is 8.97. The molecule has 84 valence electrons. The number of sulfonamides is 1. The maximum absolute atomic E-state index is 11.8. The molecule has 0 saturated heterocycles. The van der Waals surface area contributed by atoms with Crippen LogP contribution in [0.15, 0.2) is 29.2 Å². The van der Waals surface area contributed by atoms with Crippen molar-refractivity contribution in [2.45, 2.75) is 11.3 Å². The predicted molar refractivity (Wildman–Crippen MR) is 60.1 cm³/mol. The molecule has 0 aliphatic rings. The Labute approximate surface area is 90.8 Å². The van der Waals surface area contributed by atoms with Gasteiger partial charge in [-0.1, -0.05) is 12.1 Å². The Morgan fingerprint density at radius 3 is 2.53 bits per heavy atom. The lowest BCUT2D eigenvalue weighted by atomic mass is 10.2. The average molecular weight is 228 g/mol. The monoisotopic (exact) mass is 228 g/mol. The topological polar surface area (TPSA) is 63.4 Å². The van der Waals surface area contributed by atoms with Crippen LogP contribution in [0.2, 0.25) is 0 Å². The van der Waals surface area contributed by atoms with E-state index < -0.39 is 10.0 Å². The van der Waals surface area contributed by atoms with E-state index in [0.717, 1.165) is 5.56 Å². The zero-order valence-corrected chi connectivity index (χ0v) is 9.79. The summed E-state index contributed by atoms with van der Waals surface area (Å²) in [4.78, 5) is 0.318. The summed E-state index contributed by atoms with van der Waals surface area (Å²) in [6.45, 7) is 0.519. The van der Waals surface area contributed by atoms with Crippen LogP contribution in [0.3, 0.4) is 0 Å². The third-order valence-electron chi connectivity index (χ3n) is 2.11. The quantitative estimate of drug-likeness (QED) is 0.813. The highest BCUT2D eigenvalue weighted by Crippen LogP contribution is 2.14. The normalized spacial score (nSPS) is 12.0. The van der Waals surface area contributed by atoms with Gasteiger partial charge >= 0.3 is 0 Å². The van der Waals surface area contributed by atoms with Gasteiger partial charge in [0.25, 0.3) is 0 Å². The van der Waals surface area contributed by atoms with Gasteiger partial charge in [-0.15, -0.1) is 0 Å². The Morgan fingerprint density at radius 2 is 2.00 bits per heavy atom. The fourth-order valence-electron chi connectivity index (χ4n) is 1.24. The molecule has 15 heavy (non-hydrogen) atoms. The summed E-state index contributed by atoms with van der Waals surface area (Å²) in [6.07, 6.45) is 0.691. The lowest BCUT2D eigenvalue weighted by Gasteiger charge is -2.11. The van der Waals surface area contributed by atoms with Gasteiger partial charge in [0, 0.05) is 14.1 Å². The second-order valence-corrected chi connectivity index (χ2v) is 5.63. The van der Waals surface area contributed by atoms with Crippen LogP contribution in [0.1, 0.15) is 5.56 Å². The SMILES string of the molecule is CN(C)S(=O)(=O)c1cccc(CCN)c1. The number of hydrogen-bond acceptors (Lipinski definition) is 3. The number of hydrogen-bond donors (Lipinski definition) is 1. The molecule has 0 fully saturated rings. The molecule has 0 aromatic heterocycles. The van der Waals surface area contributed by atoms with Crippen molar-refractivity contribution >= 4 is 10.0 Å². The number of benzene rings is 1. The van der Waals surface area contributed by atoms with E-state index in [1.165, 1.54) is 18.4 Å². The van der Waals surface area contributed by atoms with E-state index in [-0.39, 0.29) is 0 Å². The fourth-order valence-corrected chi connectivity index (χ4v) is 2.21. The molecular weight excluding hydrogens is 212 g/mol. The van der Waals surface area contributed by atoms with Gasteiger partial charge < -0.3 is 5.73 Å². The van der Waals surface area contributed by atoms with E-state index in [1.807, 2.05) is 6.07 Å². The minimum Gasteiger partial charge on any atom is -0.330 e. The van der Waals surface area contributed by atoms with Crippen LogP contribution < -0.4 is 5.73 Å². The first-order valence-corrected chi connectivity index (χ1v) is 6.14. The van der Waals surface area contributed by atoms with Crippen LogP contribution >= 0.6 is 0 Å². The first kappa shape index (κ1) is 12.2. The summed E-state index contributed by atoms with van der Waals surface area (Å²) in [5.74, 6) is 0. The Kier molecular flexibility index (Phi) is 3.84. The Bertz CT molecular complexity index is 427. The van der Waals surface area contributed by atoms with E-state index in [1.54, 1.807) is 18.2 Å². The smallest absolute Gasteiger partial charge is 0.242 e. The van der Waals surface area contributed by atoms with E-state index in [0.29, 0.717) is 17.9 Å². The van der Waals surface area contributed by atoms with Crippen LogP contribution in [-0.4, -0.2) is 33.4 Å². The van der Waals surface area contributed by atoms with Crippen molar-refractivity contribution < 1.29 is 8.42 Å². The molecule has 0 saturated carbocycles. The number of nitrogens with zero attached hydrogens (tertiary/aromatic N) is 1. The average Bonchev–Trinajstić information content (AvgIpc) is 2.18. The maximum atomic E-state index is 11.8. The van der Waals surface area contributed by atoms with Gasteiger partial charge in [0.15, 0.2) is 0 Å². The molecule has 1 rings (SSSR count). The Morgan fingerprint density at radius 1 is 1.33 bits per heavy atom. The van der Waals surface area contributed by atoms with E-state index in [4.69, 9.17) is 5.73 Å². The molecule has 0 spiro atoms. The van der Waals surface area contributed by atoms with E-state index in [2.05, 4.69) is 0 Å².